The van der Waals surface area contributed by atoms with Crippen LogP contribution < -0.4 is 9.88 Å². The average molecular weight is 267 g/mol. The van der Waals surface area contributed by atoms with Crippen LogP contribution in [-0.2, 0) is 10.0 Å². The van der Waals surface area contributed by atoms with Crippen molar-refractivity contribution < 1.29 is 13.2 Å². The number of nitrogens with two attached hydrogens (primary N) is 1. The normalized spacial score (nSPS) is 11.3. The summed E-state index contributed by atoms with van der Waals surface area (Å²) in [7, 11) is -2.45. The Morgan fingerprint density at radius 3 is 2.62 bits per heavy atom. The van der Waals surface area contributed by atoms with Crippen LogP contribution >= 0.6 is 15.9 Å². The molecule has 13 heavy (non-hydrogen) atoms. The minimum Gasteiger partial charge on any atom is -0.480 e. The van der Waals surface area contributed by atoms with E-state index in [0.717, 1.165) is 0 Å². The Labute approximate surface area is 84.1 Å². The highest BCUT2D eigenvalue weighted by Crippen LogP contribution is 2.21. The van der Waals surface area contributed by atoms with E-state index in [1.807, 2.05) is 0 Å². The number of primary sulfonamides is 1. The van der Waals surface area contributed by atoms with Gasteiger partial charge < -0.3 is 4.74 Å². The second-order valence-corrected chi connectivity index (χ2v) is 4.53. The molecule has 0 saturated heterocycles. The first-order valence-corrected chi connectivity index (χ1v) is 5.52. The summed E-state index contributed by atoms with van der Waals surface area (Å²) in [6, 6.07) is 2.80. The first-order chi connectivity index (χ1) is 5.95. The summed E-state index contributed by atoms with van der Waals surface area (Å²) >= 11 is 3.08. The zero-order chi connectivity index (χ0) is 10.1. The lowest BCUT2D eigenvalue weighted by molar-refractivity contribution is 0.384. The largest absolute Gasteiger partial charge is 0.480 e. The number of rotatable bonds is 2. The van der Waals surface area contributed by atoms with E-state index in [9.17, 15) is 8.42 Å². The molecule has 0 spiro atoms. The van der Waals surface area contributed by atoms with Crippen LogP contribution in [0.2, 0.25) is 0 Å². The lowest BCUT2D eigenvalue weighted by Crippen LogP contribution is -2.14. The van der Waals surface area contributed by atoms with Gasteiger partial charge in [0.15, 0.2) is 0 Å². The van der Waals surface area contributed by atoms with Gasteiger partial charge in [-0.3, -0.25) is 0 Å². The molecule has 0 atom stereocenters. The quantitative estimate of drug-likeness (QED) is 0.791. The van der Waals surface area contributed by atoms with Crippen LogP contribution in [-0.4, -0.2) is 20.5 Å². The van der Waals surface area contributed by atoms with E-state index >= 15 is 0 Å². The molecule has 0 aromatic carbocycles. The molecule has 7 heteroatoms. The monoisotopic (exact) mass is 266 g/mol. The van der Waals surface area contributed by atoms with Crippen molar-refractivity contribution in [2.24, 2.45) is 5.14 Å². The maximum absolute atomic E-state index is 11.0. The second kappa shape index (κ2) is 3.60. The van der Waals surface area contributed by atoms with E-state index in [1.54, 1.807) is 0 Å². The molecule has 5 nitrogen and oxygen atoms in total. The average Bonchev–Trinajstić information content (AvgIpc) is 2.01. The molecule has 1 heterocycles. The van der Waals surface area contributed by atoms with Crippen molar-refractivity contribution in [2.45, 2.75) is 4.90 Å². The van der Waals surface area contributed by atoms with Gasteiger partial charge in [-0.15, -0.1) is 0 Å². The van der Waals surface area contributed by atoms with Crippen molar-refractivity contribution in [3.63, 3.8) is 0 Å². The first kappa shape index (κ1) is 10.4. The molecule has 0 radical (unpaired) electrons. The van der Waals surface area contributed by atoms with Gasteiger partial charge in [-0.05, 0) is 28.1 Å². The van der Waals surface area contributed by atoms with Crippen molar-refractivity contribution in [3.8, 4) is 5.88 Å². The summed E-state index contributed by atoms with van der Waals surface area (Å²) < 4.78 is 27.2. The van der Waals surface area contributed by atoms with Crippen molar-refractivity contribution in [3.05, 3.63) is 16.7 Å². The molecule has 0 aliphatic heterocycles. The minimum atomic E-state index is -3.77. The van der Waals surface area contributed by atoms with Gasteiger partial charge in [0.05, 0.1) is 7.11 Å². The van der Waals surface area contributed by atoms with Gasteiger partial charge in [0, 0.05) is 0 Å². The van der Waals surface area contributed by atoms with Gasteiger partial charge in [-0.2, -0.15) is 0 Å². The maximum Gasteiger partial charge on any atom is 0.243 e. The fraction of sp³-hybridized carbons (Fsp3) is 0.167. The van der Waals surface area contributed by atoms with Gasteiger partial charge in [-0.1, -0.05) is 0 Å². The molecule has 0 aliphatic carbocycles. The Kier molecular flexibility index (Phi) is 2.89. The summed E-state index contributed by atoms with van der Waals surface area (Å²) in [5.74, 6) is -0.0168. The molecule has 0 unspecified atom stereocenters. The fourth-order valence-electron chi connectivity index (χ4n) is 0.768. The predicted octanol–water partition coefficient (Wildman–Crippen LogP) is 0.500. The second-order valence-electron chi connectivity index (χ2n) is 2.19. The Bertz CT molecular complexity index is 418. The molecule has 2 N–H and O–H groups in total. The van der Waals surface area contributed by atoms with E-state index < -0.39 is 10.0 Å². The smallest absolute Gasteiger partial charge is 0.243 e. The number of hydrogen-bond acceptors (Lipinski definition) is 4. The molecule has 1 aromatic heterocycles. The standard InChI is InChI=1S/C6H7BrN2O3S/c1-12-6-4(13(8,10)11)2-3-5(7)9-6/h2-3H,1H3,(H2,8,10,11). The summed E-state index contributed by atoms with van der Waals surface area (Å²) in [5.41, 5.74) is 0. The fourth-order valence-corrected chi connectivity index (χ4v) is 1.69. The summed E-state index contributed by atoms with van der Waals surface area (Å²) in [6.07, 6.45) is 0. The molecule has 0 amide bonds. The number of ether oxygens (including phenoxy) is 1. The zero-order valence-corrected chi connectivity index (χ0v) is 9.09. The summed E-state index contributed by atoms with van der Waals surface area (Å²) in [4.78, 5) is 3.67. The van der Waals surface area contributed by atoms with E-state index in [1.165, 1.54) is 19.2 Å². The topological polar surface area (TPSA) is 82.3 Å². The lowest BCUT2D eigenvalue weighted by atomic mass is 10.5. The van der Waals surface area contributed by atoms with E-state index in [0.29, 0.717) is 4.60 Å². The molecule has 0 bridgehead atoms. The highest BCUT2D eigenvalue weighted by atomic mass is 79.9. The van der Waals surface area contributed by atoms with Gasteiger partial charge in [-0.25, -0.2) is 18.5 Å². The van der Waals surface area contributed by atoms with Crippen LogP contribution in [0.3, 0.4) is 0 Å². The van der Waals surface area contributed by atoms with E-state index in [-0.39, 0.29) is 10.8 Å². The number of aromatic nitrogens is 1. The molecular formula is C6H7BrN2O3S. The third-order valence-electron chi connectivity index (χ3n) is 1.29. The number of sulfonamides is 1. The first-order valence-electron chi connectivity index (χ1n) is 3.18. The molecule has 1 aromatic rings. The van der Waals surface area contributed by atoms with E-state index in [2.05, 4.69) is 20.9 Å². The third kappa shape index (κ3) is 2.39. The van der Waals surface area contributed by atoms with Gasteiger partial charge in [0.2, 0.25) is 15.9 Å². The van der Waals surface area contributed by atoms with Gasteiger partial charge in [0.1, 0.15) is 9.50 Å². The Balaban J connectivity index is 3.39. The molecule has 1 rings (SSSR count). The van der Waals surface area contributed by atoms with Gasteiger partial charge >= 0.3 is 0 Å². The Hall–Kier alpha value is -0.660. The van der Waals surface area contributed by atoms with Crippen molar-refractivity contribution in [1.82, 2.24) is 4.98 Å². The van der Waals surface area contributed by atoms with Crippen molar-refractivity contribution in [2.75, 3.05) is 7.11 Å². The van der Waals surface area contributed by atoms with Crippen molar-refractivity contribution in [1.29, 1.82) is 0 Å². The number of nitrogens with zero attached hydrogens (tertiary/aromatic N) is 1. The molecular weight excluding hydrogens is 260 g/mol. The molecule has 0 aliphatic rings. The number of hydrogen-bond donors (Lipinski definition) is 1. The van der Waals surface area contributed by atoms with Crippen LogP contribution in [0.5, 0.6) is 5.88 Å². The highest BCUT2D eigenvalue weighted by Gasteiger charge is 2.15. The number of methoxy groups -OCH3 is 1. The minimum absolute atomic E-state index is 0.0168. The molecule has 0 fully saturated rings. The van der Waals surface area contributed by atoms with Crippen LogP contribution in [0.25, 0.3) is 0 Å². The number of pyridine rings is 1. The Morgan fingerprint density at radius 2 is 2.15 bits per heavy atom. The highest BCUT2D eigenvalue weighted by molar-refractivity contribution is 9.10. The van der Waals surface area contributed by atoms with Crippen LogP contribution in [0.4, 0.5) is 0 Å². The molecule has 0 saturated carbocycles. The SMILES string of the molecule is COc1nc(Br)ccc1S(N)(=O)=O. The van der Waals surface area contributed by atoms with Crippen molar-refractivity contribution >= 4 is 26.0 Å². The Morgan fingerprint density at radius 1 is 1.54 bits per heavy atom. The van der Waals surface area contributed by atoms with E-state index in [4.69, 9.17) is 9.88 Å². The molecule has 72 valence electrons. The number of halogens is 1. The zero-order valence-electron chi connectivity index (χ0n) is 6.69. The van der Waals surface area contributed by atoms with Crippen LogP contribution in [0.15, 0.2) is 21.6 Å². The third-order valence-corrected chi connectivity index (χ3v) is 2.66. The maximum atomic E-state index is 11.0. The predicted molar refractivity (Wildman–Crippen MR) is 49.9 cm³/mol. The summed E-state index contributed by atoms with van der Waals surface area (Å²) in [5, 5.41) is 4.92. The van der Waals surface area contributed by atoms with Gasteiger partial charge in [0.25, 0.3) is 0 Å². The van der Waals surface area contributed by atoms with Crippen LogP contribution in [0.1, 0.15) is 0 Å². The summed E-state index contributed by atoms with van der Waals surface area (Å²) in [6.45, 7) is 0. The lowest BCUT2D eigenvalue weighted by Gasteiger charge is -2.04. The van der Waals surface area contributed by atoms with Crippen LogP contribution in [0, 0.1) is 0 Å².